The van der Waals surface area contributed by atoms with Crippen LogP contribution in [0.3, 0.4) is 0 Å². The van der Waals surface area contributed by atoms with E-state index >= 15 is 0 Å². The lowest BCUT2D eigenvalue weighted by molar-refractivity contribution is 0.239. The fraction of sp³-hybridized carbons (Fsp3) is 0.381. The van der Waals surface area contributed by atoms with E-state index in [9.17, 15) is 9.18 Å². The normalized spacial score (nSPS) is 22.0. The monoisotopic (exact) mass is 338 g/mol. The summed E-state index contributed by atoms with van der Waals surface area (Å²) < 4.78 is 13.9. The van der Waals surface area contributed by atoms with Crippen molar-refractivity contribution in [3.8, 4) is 0 Å². The summed E-state index contributed by atoms with van der Waals surface area (Å²) in [6.07, 6.45) is 4.90. The maximum Gasteiger partial charge on any atom is 0.322 e. The van der Waals surface area contributed by atoms with Gasteiger partial charge >= 0.3 is 6.03 Å². The van der Waals surface area contributed by atoms with Crippen LogP contribution in [0.1, 0.15) is 30.4 Å². The van der Waals surface area contributed by atoms with E-state index in [1.807, 2.05) is 12.1 Å². The number of hydrogen-bond donors (Lipinski definition) is 1. The van der Waals surface area contributed by atoms with E-state index in [-0.39, 0.29) is 17.9 Å². The average molecular weight is 338 g/mol. The SMILES string of the molecule is O=C(NC1CCCC1Cc1ccccc1)N1CCc2c(F)cccc21. The van der Waals surface area contributed by atoms with Gasteiger partial charge in [-0.05, 0) is 49.3 Å². The zero-order chi connectivity index (χ0) is 17.2. The standard InChI is InChI=1S/C21H23FN2O/c22-18-9-5-11-20-17(18)12-13-24(20)21(25)23-19-10-4-8-16(19)14-15-6-2-1-3-7-15/h1-3,5-7,9,11,16,19H,4,8,10,12-14H2,(H,23,25). The van der Waals surface area contributed by atoms with E-state index < -0.39 is 0 Å². The Balaban J connectivity index is 1.44. The van der Waals surface area contributed by atoms with E-state index in [0.29, 0.717) is 24.4 Å². The number of benzene rings is 2. The summed E-state index contributed by atoms with van der Waals surface area (Å²) in [4.78, 5) is 14.5. The van der Waals surface area contributed by atoms with Crippen LogP contribution in [0.4, 0.5) is 14.9 Å². The fourth-order valence-electron chi connectivity index (χ4n) is 4.23. The van der Waals surface area contributed by atoms with Crippen molar-refractivity contribution in [2.24, 2.45) is 5.92 Å². The van der Waals surface area contributed by atoms with Crippen molar-refractivity contribution < 1.29 is 9.18 Å². The van der Waals surface area contributed by atoms with Crippen LogP contribution < -0.4 is 10.2 Å². The van der Waals surface area contributed by atoms with Gasteiger partial charge in [-0.3, -0.25) is 4.90 Å². The Kier molecular flexibility index (Phi) is 4.43. The Morgan fingerprint density at radius 3 is 2.80 bits per heavy atom. The molecule has 2 unspecified atom stereocenters. The van der Waals surface area contributed by atoms with Crippen molar-refractivity contribution in [3.05, 3.63) is 65.5 Å². The van der Waals surface area contributed by atoms with Crippen LogP contribution in [0.25, 0.3) is 0 Å². The molecule has 0 aromatic heterocycles. The molecule has 1 aliphatic heterocycles. The average Bonchev–Trinajstić information content (AvgIpc) is 3.24. The maximum atomic E-state index is 13.9. The first-order chi connectivity index (χ1) is 12.2. The lowest BCUT2D eigenvalue weighted by atomic mass is 9.95. The highest BCUT2D eigenvalue weighted by Crippen LogP contribution is 2.32. The van der Waals surface area contributed by atoms with Gasteiger partial charge < -0.3 is 5.32 Å². The third kappa shape index (κ3) is 3.26. The Bertz CT molecular complexity index is 762. The van der Waals surface area contributed by atoms with Crippen molar-refractivity contribution in [1.29, 1.82) is 0 Å². The largest absolute Gasteiger partial charge is 0.335 e. The molecule has 0 radical (unpaired) electrons. The number of carbonyl (C=O) groups excluding carboxylic acids is 1. The van der Waals surface area contributed by atoms with Crippen molar-refractivity contribution in [1.82, 2.24) is 5.32 Å². The van der Waals surface area contributed by atoms with Crippen molar-refractivity contribution in [3.63, 3.8) is 0 Å². The van der Waals surface area contributed by atoms with Gasteiger partial charge in [0.25, 0.3) is 0 Å². The minimum atomic E-state index is -0.212. The zero-order valence-electron chi connectivity index (χ0n) is 14.2. The molecule has 1 N–H and O–H groups in total. The van der Waals surface area contributed by atoms with E-state index in [2.05, 4.69) is 29.6 Å². The highest BCUT2D eigenvalue weighted by molar-refractivity contribution is 5.94. The minimum Gasteiger partial charge on any atom is -0.335 e. The van der Waals surface area contributed by atoms with Crippen LogP contribution >= 0.6 is 0 Å². The number of carbonyl (C=O) groups is 1. The molecule has 1 fully saturated rings. The predicted molar refractivity (Wildman–Crippen MR) is 97.3 cm³/mol. The number of amides is 2. The zero-order valence-corrected chi connectivity index (χ0v) is 14.2. The molecule has 0 saturated heterocycles. The summed E-state index contributed by atoms with van der Waals surface area (Å²) >= 11 is 0. The van der Waals surface area contributed by atoms with Crippen molar-refractivity contribution in [2.45, 2.75) is 38.1 Å². The smallest absolute Gasteiger partial charge is 0.322 e. The molecular formula is C21H23FN2O. The summed E-state index contributed by atoms with van der Waals surface area (Å²) in [7, 11) is 0. The highest BCUT2D eigenvalue weighted by Gasteiger charge is 2.32. The van der Waals surface area contributed by atoms with Gasteiger partial charge in [0.1, 0.15) is 5.82 Å². The molecule has 2 amide bonds. The first-order valence-corrected chi connectivity index (χ1v) is 9.12. The summed E-state index contributed by atoms with van der Waals surface area (Å²) in [5.74, 6) is 0.261. The van der Waals surface area contributed by atoms with Crippen LogP contribution in [0.5, 0.6) is 0 Å². The predicted octanol–water partition coefficient (Wildman–Crippen LogP) is 4.31. The van der Waals surface area contributed by atoms with Gasteiger partial charge in [-0.25, -0.2) is 9.18 Å². The molecule has 2 aromatic rings. The molecule has 1 saturated carbocycles. The molecule has 3 nitrogen and oxygen atoms in total. The van der Waals surface area contributed by atoms with Gasteiger partial charge in [0, 0.05) is 18.2 Å². The van der Waals surface area contributed by atoms with Crippen LogP contribution in [-0.2, 0) is 12.8 Å². The number of nitrogens with zero attached hydrogens (tertiary/aromatic N) is 1. The van der Waals surface area contributed by atoms with Gasteiger partial charge in [-0.2, -0.15) is 0 Å². The second kappa shape index (κ2) is 6.87. The number of hydrogen-bond acceptors (Lipinski definition) is 1. The molecular weight excluding hydrogens is 315 g/mol. The minimum absolute atomic E-state index is 0.0886. The van der Waals surface area contributed by atoms with Gasteiger partial charge in [0.15, 0.2) is 0 Å². The second-order valence-electron chi connectivity index (χ2n) is 7.08. The van der Waals surface area contributed by atoms with E-state index in [1.54, 1.807) is 11.0 Å². The molecule has 2 aliphatic rings. The highest BCUT2D eigenvalue weighted by atomic mass is 19.1. The topological polar surface area (TPSA) is 32.3 Å². The fourth-order valence-corrected chi connectivity index (χ4v) is 4.23. The number of rotatable bonds is 3. The molecule has 1 aliphatic carbocycles. The third-order valence-electron chi connectivity index (χ3n) is 5.52. The molecule has 2 aromatic carbocycles. The number of nitrogens with one attached hydrogen (secondary N) is 1. The molecule has 4 rings (SSSR count). The molecule has 25 heavy (non-hydrogen) atoms. The number of anilines is 1. The van der Waals surface area contributed by atoms with Crippen LogP contribution in [0.2, 0.25) is 0 Å². The van der Waals surface area contributed by atoms with E-state index in [1.165, 1.54) is 11.6 Å². The first kappa shape index (κ1) is 16.1. The van der Waals surface area contributed by atoms with Crippen molar-refractivity contribution in [2.75, 3.05) is 11.4 Å². The van der Waals surface area contributed by atoms with Gasteiger partial charge in [0.05, 0.1) is 5.69 Å². The molecule has 1 heterocycles. The number of halogens is 1. The first-order valence-electron chi connectivity index (χ1n) is 9.12. The summed E-state index contributed by atoms with van der Waals surface area (Å²) in [6, 6.07) is 15.5. The summed E-state index contributed by atoms with van der Waals surface area (Å²) in [5, 5.41) is 3.22. The quantitative estimate of drug-likeness (QED) is 0.889. The Labute approximate surface area is 147 Å². The molecule has 130 valence electrons. The molecule has 0 bridgehead atoms. The van der Waals surface area contributed by atoms with Gasteiger partial charge in [0.2, 0.25) is 0 Å². The molecule has 0 spiro atoms. The second-order valence-corrected chi connectivity index (χ2v) is 7.08. The van der Waals surface area contributed by atoms with Crippen LogP contribution in [0.15, 0.2) is 48.5 Å². The third-order valence-corrected chi connectivity index (χ3v) is 5.52. The Morgan fingerprint density at radius 2 is 1.96 bits per heavy atom. The van der Waals surface area contributed by atoms with E-state index in [4.69, 9.17) is 0 Å². The lowest BCUT2D eigenvalue weighted by Crippen LogP contribution is -2.46. The molecule has 2 atom stereocenters. The molecule has 4 heteroatoms. The van der Waals surface area contributed by atoms with Crippen LogP contribution in [-0.4, -0.2) is 18.6 Å². The van der Waals surface area contributed by atoms with Gasteiger partial charge in [-0.15, -0.1) is 0 Å². The number of urea groups is 1. The summed E-state index contributed by atoms with van der Waals surface area (Å²) in [6.45, 7) is 0.554. The summed E-state index contributed by atoms with van der Waals surface area (Å²) in [5.41, 5.74) is 2.70. The maximum absolute atomic E-state index is 13.9. The van der Waals surface area contributed by atoms with Crippen molar-refractivity contribution >= 4 is 11.7 Å². The number of fused-ring (bicyclic) bond motifs is 1. The Hall–Kier alpha value is -2.36. The van der Waals surface area contributed by atoms with Gasteiger partial charge in [-0.1, -0.05) is 42.8 Å². The van der Waals surface area contributed by atoms with E-state index in [0.717, 1.165) is 31.4 Å². The Morgan fingerprint density at radius 1 is 1.12 bits per heavy atom. The van der Waals surface area contributed by atoms with Crippen LogP contribution in [0, 0.1) is 11.7 Å². The lowest BCUT2D eigenvalue weighted by Gasteiger charge is -2.25.